The number of benzene rings is 1. The Morgan fingerprint density at radius 1 is 1.42 bits per heavy atom. The van der Waals surface area contributed by atoms with Crippen LogP contribution in [0.25, 0.3) is 0 Å². The molecule has 2 unspecified atom stereocenters. The molecule has 4 nitrogen and oxygen atoms in total. The van der Waals surface area contributed by atoms with E-state index >= 15 is 0 Å². The van der Waals surface area contributed by atoms with Crippen LogP contribution < -0.4 is 10.2 Å². The number of carbonyl (C=O) groups excluding carboxylic acids is 2. The summed E-state index contributed by atoms with van der Waals surface area (Å²) in [5.41, 5.74) is -0.592. The SMILES string of the molecule is CCC(C)CC(=O)NC1CC(=O)N(c2cccc(C(F)(F)F)c2)C1. The quantitative estimate of drug-likeness (QED) is 0.892. The Morgan fingerprint density at radius 2 is 2.12 bits per heavy atom. The molecule has 0 spiro atoms. The Bertz CT molecular complexity index is 616. The van der Waals surface area contributed by atoms with Crippen molar-refractivity contribution in [1.82, 2.24) is 5.32 Å². The molecule has 0 aliphatic carbocycles. The van der Waals surface area contributed by atoms with Crippen LogP contribution in [0.2, 0.25) is 0 Å². The van der Waals surface area contributed by atoms with Gasteiger partial charge >= 0.3 is 6.18 Å². The Hall–Kier alpha value is -2.05. The normalized spacial score (nSPS) is 19.5. The third kappa shape index (κ3) is 4.49. The lowest BCUT2D eigenvalue weighted by atomic mass is 10.0. The maximum atomic E-state index is 12.8. The molecule has 0 saturated carbocycles. The highest BCUT2D eigenvalue weighted by atomic mass is 19.4. The predicted octanol–water partition coefficient (Wildman–Crippen LogP) is 3.36. The van der Waals surface area contributed by atoms with Crippen molar-refractivity contribution in [1.29, 1.82) is 0 Å². The predicted molar refractivity (Wildman–Crippen MR) is 84.4 cm³/mol. The highest BCUT2D eigenvalue weighted by molar-refractivity contribution is 5.97. The maximum Gasteiger partial charge on any atom is 0.416 e. The summed E-state index contributed by atoms with van der Waals surface area (Å²) in [6.45, 7) is 4.15. The number of halogens is 3. The van der Waals surface area contributed by atoms with Crippen molar-refractivity contribution >= 4 is 17.5 Å². The highest BCUT2D eigenvalue weighted by Gasteiger charge is 2.34. The number of anilines is 1. The minimum Gasteiger partial charge on any atom is -0.351 e. The second-order valence-corrected chi connectivity index (χ2v) is 6.24. The molecule has 1 aromatic rings. The zero-order valence-electron chi connectivity index (χ0n) is 13.7. The van der Waals surface area contributed by atoms with Gasteiger partial charge in [-0.15, -0.1) is 0 Å². The minimum absolute atomic E-state index is 0.0997. The van der Waals surface area contributed by atoms with Crippen LogP contribution in [0.15, 0.2) is 24.3 Å². The summed E-state index contributed by atoms with van der Waals surface area (Å²) >= 11 is 0. The molecular weight excluding hydrogens is 321 g/mol. The molecule has 1 aliphatic heterocycles. The van der Waals surface area contributed by atoms with E-state index < -0.39 is 11.7 Å². The smallest absolute Gasteiger partial charge is 0.351 e. The van der Waals surface area contributed by atoms with Gasteiger partial charge in [-0.05, 0) is 24.1 Å². The van der Waals surface area contributed by atoms with E-state index in [9.17, 15) is 22.8 Å². The van der Waals surface area contributed by atoms with Gasteiger partial charge in [-0.25, -0.2) is 0 Å². The maximum absolute atomic E-state index is 12.8. The fraction of sp³-hybridized carbons (Fsp3) is 0.529. The van der Waals surface area contributed by atoms with Crippen molar-refractivity contribution < 1.29 is 22.8 Å². The lowest BCUT2D eigenvalue weighted by molar-refractivity contribution is -0.137. The topological polar surface area (TPSA) is 49.4 Å². The molecule has 132 valence electrons. The first-order valence-electron chi connectivity index (χ1n) is 7.97. The molecule has 1 heterocycles. The molecule has 7 heteroatoms. The summed E-state index contributed by atoms with van der Waals surface area (Å²) in [6, 6.07) is 4.30. The van der Waals surface area contributed by atoms with Crippen molar-refractivity contribution in [3.8, 4) is 0 Å². The highest BCUT2D eigenvalue weighted by Crippen LogP contribution is 2.32. The summed E-state index contributed by atoms with van der Waals surface area (Å²) < 4.78 is 38.4. The van der Waals surface area contributed by atoms with E-state index in [0.29, 0.717) is 6.42 Å². The van der Waals surface area contributed by atoms with E-state index in [0.717, 1.165) is 18.6 Å². The Balaban J connectivity index is 2.04. The van der Waals surface area contributed by atoms with Crippen LogP contribution in [-0.4, -0.2) is 24.4 Å². The molecule has 1 saturated heterocycles. The van der Waals surface area contributed by atoms with E-state index in [1.54, 1.807) is 0 Å². The van der Waals surface area contributed by atoms with Gasteiger partial charge in [0.2, 0.25) is 11.8 Å². The number of rotatable bonds is 5. The van der Waals surface area contributed by atoms with Gasteiger partial charge in [-0.1, -0.05) is 26.3 Å². The van der Waals surface area contributed by atoms with E-state index in [2.05, 4.69) is 5.32 Å². The first kappa shape index (κ1) is 18.3. The Morgan fingerprint density at radius 3 is 2.75 bits per heavy atom. The van der Waals surface area contributed by atoms with Gasteiger partial charge in [0.15, 0.2) is 0 Å². The molecular formula is C17H21F3N2O2. The van der Waals surface area contributed by atoms with Crippen LogP contribution in [0.3, 0.4) is 0 Å². The van der Waals surface area contributed by atoms with E-state index in [1.165, 1.54) is 17.0 Å². The van der Waals surface area contributed by atoms with Gasteiger partial charge in [0.25, 0.3) is 0 Å². The molecule has 1 N–H and O–H groups in total. The number of alkyl halides is 3. The summed E-state index contributed by atoms with van der Waals surface area (Å²) in [7, 11) is 0. The molecule has 1 aliphatic rings. The van der Waals surface area contributed by atoms with Crippen LogP contribution in [-0.2, 0) is 15.8 Å². The fourth-order valence-electron chi connectivity index (χ4n) is 2.65. The van der Waals surface area contributed by atoms with Crippen LogP contribution >= 0.6 is 0 Å². The molecule has 2 atom stereocenters. The van der Waals surface area contributed by atoms with E-state index in [-0.39, 0.29) is 42.4 Å². The number of nitrogens with one attached hydrogen (secondary N) is 1. The van der Waals surface area contributed by atoms with Gasteiger partial charge in [0, 0.05) is 25.1 Å². The molecule has 2 rings (SSSR count). The molecule has 24 heavy (non-hydrogen) atoms. The fourth-order valence-corrected chi connectivity index (χ4v) is 2.65. The number of carbonyl (C=O) groups is 2. The summed E-state index contributed by atoms with van der Waals surface area (Å²) in [4.78, 5) is 25.3. The Kier molecular flexibility index (Phi) is 5.51. The van der Waals surface area contributed by atoms with Crippen LogP contribution in [0, 0.1) is 5.92 Å². The number of hydrogen-bond acceptors (Lipinski definition) is 2. The van der Waals surface area contributed by atoms with Gasteiger partial charge in [-0.2, -0.15) is 13.2 Å². The zero-order chi connectivity index (χ0) is 17.9. The van der Waals surface area contributed by atoms with Crippen LogP contribution in [0.1, 0.15) is 38.7 Å². The minimum atomic E-state index is -4.46. The number of hydrogen-bond donors (Lipinski definition) is 1. The number of amides is 2. The van der Waals surface area contributed by atoms with Crippen molar-refractivity contribution in [2.24, 2.45) is 5.92 Å². The third-order valence-corrected chi connectivity index (χ3v) is 4.21. The van der Waals surface area contributed by atoms with E-state index in [4.69, 9.17) is 0 Å². The van der Waals surface area contributed by atoms with Crippen molar-refractivity contribution in [2.45, 2.75) is 45.3 Å². The summed E-state index contributed by atoms with van der Waals surface area (Å²) in [5.74, 6) is -0.169. The summed E-state index contributed by atoms with van der Waals surface area (Å²) in [6.07, 6.45) is -3.09. The average molecular weight is 342 g/mol. The summed E-state index contributed by atoms with van der Waals surface area (Å²) in [5, 5.41) is 2.80. The van der Waals surface area contributed by atoms with Gasteiger partial charge in [0.1, 0.15) is 0 Å². The second-order valence-electron chi connectivity index (χ2n) is 6.24. The molecule has 0 radical (unpaired) electrons. The molecule has 0 aromatic heterocycles. The van der Waals surface area contributed by atoms with Crippen molar-refractivity contribution in [3.63, 3.8) is 0 Å². The van der Waals surface area contributed by atoms with Gasteiger partial charge in [0.05, 0.1) is 11.6 Å². The molecule has 1 aromatic carbocycles. The average Bonchev–Trinajstić information content (AvgIpc) is 2.86. The standard InChI is InChI=1S/C17H21F3N2O2/c1-3-11(2)7-15(23)21-13-9-16(24)22(10-13)14-6-4-5-12(8-14)17(18,19)20/h4-6,8,11,13H,3,7,9-10H2,1-2H3,(H,21,23). The first-order chi connectivity index (χ1) is 11.2. The molecule has 0 bridgehead atoms. The largest absolute Gasteiger partial charge is 0.416 e. The molecule has 2 amide bonds. The van der Waals surface area contributed by atoms with Crippen molar-refractivity contribution in [2.75, 3.05) is 11.4 Å². The lowest BCUT2D eigenvalue weighted by Crippen LogP contribution is -2.37. The number of nitrogens with zero attached hydrogens (tertiary/aromatic N) is 1. The monoisotopic (exact) mass is 342 g/mol. The third-order valence-electron chi connectivity index (χ3n) is 4.21. The van der Waals surface area contributed by atoms with Crippen LogP contribution in [0.5, 0.6) is 0 Å². The van der Waals surface area contributed by atoms with Gasteiger partial charge < -0.3 is 10.2 Å². The van der Waals surface area contributed by atoms with Gasteiger partial charge in [-0.3, -0.25) is 9.59 Å². The zero-order valence-corrected chi connectivity index (χ0v) is 13.7. The first-order valence-corrected chi connectivity index (χ1v) is 7.97. The van der Waals surface area contributed by atoms with Crippen LogP contribution in [0.4, 0.5) is 18.9 Å². The van der Waals surface area contributed by atoms with E-state index in [1.807, 2.05) is 13.8 Å². The second kappa shape index (κ2) is 7.23. The Labute approximate surface area is 139 Å². The molecule has 1 fully saturated rings. The lowest BCUT2D eigenvalue weighted by Gasteiger charge is -2.19. The van der Waals surface area contributed by atoms with Crippen molar-refractivity contribution in [3.05, 3.63) is 29.8 Å².